The van der Waals surface area contributed by atoms with Gasteiger partial charge in [0.05, 0.1) is 5.25 Å². The summed E-state index contributed by atoms with van der Waals surface area (Å²) in [4.78, 5) is 0. The second-order valence-electron chi connectivity index (χ2n) is 3.76. The quantitative estimate of drug-likeness (QED) is 0.861. The normalized spacial score (nSPS) is 13.4. The van der Waals surface area contributed by atoms with E-state index >= 15 is 0 Å². The molecule has 0 fully saturated rings. The fourth-order valence-electron chi connectivity index (χ4n) is 1.28. The highest BCUT2D eigenvalue weighted by Crippen LogP contribution is 2.25. The highest BCUT2D eigenvalue weighted by atomic mass is 79.9. The van der Waals surface area contributed by atoms with E-state index in [1.807, 2.05) is 4.72 Å². The fraction of sp³-hybridized carbons (Fsp3) is 0.400. The average molecular weight is 343 g/mol. The minimum atomic E-state index is -3.84. The summed E-state index contributed by atoms with van der Waals surface area (Å²) in [6, 6.07) is 1.98. The number of rotatable bonds is 5. The monoisotopic (exact) mass is 342 g/mol. The Bertz CT molecular complexity index is 514. The van der Waals surface area contributed by atoms with E-state index in [2.05, 4.69) is 21.2 Å². The van der Waals surface area contributed by atoms with Crippen LogP contribution in [0.4, 0.5) is 14.5 Å². The summed E-state index contributed by atoms with van der Waals surface area (Å²) in [6.07, 6.45) is 0. The largest absolute Gasteiger partial charge is 0.318 e. The maximum absolute atomic E-state index is 13.5. The SMILES string of the molecule is CNCC(C)S(=O)(=O)Nc1c(F)cc(Br)cc1F. The number of benzene rings is 1. The predicted octanol–water partition coefficient (Wildman–Crippen LogP) is 2.08. The third-order valence-corrected chi connectivity index (χ3v) is 4.45. The first-order valence-electron chi connectivity index (χ1n) is 5.08. The molecule has 2 N–H and O–H groups in total. The molecule has 0 amide bonds. The number of halogens is 3. The van der Waals surface area contributed by atoms with Gasteiger partial charge in [-0.25, -0.2) is 17.2 Å². The van der Waals surface area contributed by atoms with E-state index in [1.54, 1.807) is 7.05 Å². The van der Waals surface area contributed by atoms with Crippen molar-refractivity contribution in [3.05, 3.63) is 28.2 Å². The zero-order chi connectivity index (χ0) is 13.9. The van der Waals surface area contributed by atoms with E-state index in [4.69, 9.17) is 0 Å². The molecular formula is C10H13BrF2N2O2S. The molecule has 0 saturated carbocycles. The molecule has 8 heteroatoms. The van der Waals surface area contributed by atoms with Gasteiger partial charge in [0, 0.05) is 11.0 Å². The molecule has 1 aromatic rings. The lowest BCUT2D eigenvalue weighted by Crippen LogP contribution is -2.33. The molecule has 102 valence electrons. The summed E-state index contributed by atoms with van der Waals surface area (Å²) in [5.74, 6) is -1.94. The van der Waals surface area contributed by atoms with Crippen LogP contribution in [0.2, 0.25) is 0 Å². The predicted molar refractivity (Wildman–Crippen MR) is 70.0 cm³/mol. The zero-order valence-electron chi connectivity index (χ0n) is 9.80. The first-order chi connectivity index (χ1) is 8.27. The molecule has 1 unspecified atom stereocenters. The lowest BCUT2D eigenvalue weighted by atomic mass is 10.3. The van der Waals surface area contributed by atoms with Gasteiger partial charge in [-0.3, -0.25) is 4.72 Å². The lowest BCUT2D eigenvalue weighted by molar-refractivity contribution is 0.573. The summed E-state index contributed by atoms with van der Waals surface area (Å²) in [7, 11) is -2.25. The highest BCUT2D eigenvalue weighted by molar-refractivity contribution is 9.10. The molecule has 0 aliphatic heterocycles. The summed E-state index contributed by atoms with van der Waals surface area (Å²) < 4.78 is 52.6. The molecule has 0 heterocycles. The van der Waals surface area contributed by atoms with E-state index in [-0.39, 0.29) is 11.0 Å². The van der Waals surface area contributed by atoms with Crippen LogP contribution in [0, 0.1) is 11.6 Å². The third-order valence-electron chi connectivity index (χ3n) is 2.27. The first-order valence-corrected chi connectivity index (χ1v) is 7.42. The van der Waals surface area contributed by atoms with Crippen LogP contribution in [0.1, 0.15) is 6.92 Å². The third kappa shape index (κ3) is 3.63. The summed E-state index contributed by atoms with van der Waals surface area (Å²) in [6.45, 7) is 1.61. The van der Waals surface area contributed by atoms with Gasteiger partial charge in [-0.1, -0.05) is 15.9 Å². The van der Waals surface area contributed by atoms with Crippen LogP contribution in [0.15, 0.2) is 16.6 Å². The van der Waals surface area contributed by atoms with Crippen molar-refractivity contribution in [2.75, 3.05) is 18.3 Å². The Hall–Kier alpha value is -0.730. The Labute approximate surface area is 113 Å². The molecule has 0 saturated heterocycles. The van der Waals surface area contributed by atoms with Gasteiger partial charge in [-0.05, 0) is 26.1 Å². The van der Waals surface area contributed by atoms with Gasteiger partial charge in [0.2, 0.25) is 10.0 Å². The van der Waals surface area contributed by atoms with E-state index < -0.39 is 32.6 Å². The number of sulfonamides is 1. The van der Waals surface area contributed by atoms with Crippen molar-refractivity contribution in [2.24, 2.45) is 0 Å². The van der Waals surface area contributed by atoms with E-state index in [9.17, 15) is 17.2 Å². The minimum Gasteiger partial charge on any atom is -0.318 e. The average Bonchev–Trinajstić information content (AvgIpc) is 2.23. The summed E-state index contributed by atoms with van der Waals surface area (Å²) in [5, 5.41) is 1.87. The number of hydrogen-bond donors (Lipinski definition) is 2. The first kappa shape index (κ1) is 15.3. The van der Waals surface area contributed by atoms with Gasteiger partial charge in [0.1, 0.15) is 5.69 Å². The number of nitrogens with one attached hydrogen (secondary N) is 2. The topological polar surface area (TPSA) is 58.2 Å². The Morgan fingerprint density at radius 3 is 2.28 bits per heavy atom. The van der Waals surface area contributed by atoms with Crippen LogP contribution < -0.4 is 10.0 Å². The van der Waals surface area contributed by atoms with Crippen LogP contribution in [0.25, 0.3) is 0 Å². The molecule has 0 radical (unpaired) electrons. The standard InChI is InChI=1S/C10H13BrF2N2O2S/c1-6(5-14-2)18(16,17)15-10-8(12)3-7(11)4-9(10)13/h3-4,6,14-15H,5H2,1-2H3. The number of hydrogen-bond acceptors (Lipinski definition) is 3. The molecule has 18 heavy (non-hydrogen) atoms. The highest BCUT2D eigenvalue weighted by Gasteiger charge is 2.23. The Kier molecular flexibility index (Phi) is 5.06. The van der Waals surface area contributed by atoms with Crippen molar-refractivity contribution in [1.82, 2.24) is 5.32 Å². The van der Waals surface area contributed by atoms with E-state index in [0.29, 0.717) is 0 Å². The van der Waals surface area contributed by atoms with Gasteiger partial charge in [-0.15, -0.1) is 0 Å². The minimum absolute atomic E-state index is 0.176. The van der Waals surface area contributed by atoms with Crippen LogP contribution in [0.5, 0.6) is 0 Å². The Balaban J connectivity index is 3.05. The van der Waals surface area contributed by atoms with Crippen molar-refractivity contribution >= 4 is 31.6 Å². The van der Waals surface area contributed by atoms with E-state index in [0.717, 1.165) is 12.1 Å². The van der Waals surface area contributed by atoms with Crippen molar-refractivity contribution in [3.8, 4) is 0 Å². The zero-order valence-corrected chi connectivity index (χ0v) is 12.2. The molecular weight excluding hydrogens is 330 g/mol. The second kappa shape index (κ2) is 5.94. The molecule has 1 atom stereocenters. The number of anilines is 1. The lowest BCUT2D eigenvalue weighted by Gasteiger charge is -2.15. The van der Waals surface area contributed by atoms with Crippen LogP contribution in [0.3, 0.4) is 0 Å². The van der Waals surface area contributed by atoms with Crippen molar-refractivity contribution < 1.29 is 17.2 Å². The smallest absolute Gasteiger partial charge is 0.236 e. The molecule has 0 aliphatic rings. The summed E-state index contributed by atoms with van der Waals surface area (Å²) >= 11 is 2.91. The molecule has 0 aromatic heterocycles. The van der Waals surface area contributed by atoms with Gasteiger partial charge >= 0.3 is 0 Å². The van der Waals surface area contributed by atoms with Gasteiger partial charge in [-0.2, -0.15) is 0 Å². The molecule has 1 aromatic carbocycles. The van der Waals surface area contributed by atoms with E-state index in [1.165, 1.54) is 6.92 Å². The van der Waals surface area contributed by atoms with Crippen molar-refractivity contribution in [3.63, 3.8) is 0 Å². The van der Waals surface area contributed by atoms with Gasteiger partial charge in [0.25, 0.3) is 0 Å². The maximum Gasteiger partial charge on any atom is 0.236 e. The summed E-state index contributed by atoms with van der Waals surface area (Å²) in [5.41, 5.74) is -0.666. The van der Waals surface area contributed by atoms with Crippen molar-refractivity contribution in [2.45, 2.75) is 12.2 Å². The molecule has 0 spiro atoms. The van der Waals surface area contributed by atoms with Crippen LogP contribution in [-0.4, -0.2) is 27.3 Å². The van der Waals surface area contributed by atoms with Crippen molar-refractivity contribution in [1.29, 1.82) is 0 Å². The Morgan fingerprint density at radius 2 is 1.83 bits per heavy atom. The molecule has 1 rings (SSSR count). The van der Waals surface area contributed by atoms with Crippen LogP contribution in [-0.2, 0) is 10.0 Å². The van der Waals surface area contributed by atoms with Crippen LogP contribution >= 0.6 is 15.9 Å². The maximum atomic E-state index is 13.5. The molecule has 0 bridgehead atoms. The van der Waals surface area contributed by atoms with Gasteiger partial charge in [0.15, 0.2) is 11.6 Å². The molecule has 0 aliphatic carbocycles. The Morgan fingerprint density at radius 1 is 1.33 bits per heavy atom. The fourth-order valence-corrected chi connectivity index (χ4v) is 2.75. The van der Waals surface area contributed by atoms with Gasteiger partial charge < -0.3 is 5.32 Å². The molecule has 4 nitrogen and oxygen atoms in total. The second-order valence-corrected chi connectivity index (χ2v) is 6.77.